The maximum atomic E-state index is 10.4. The fourth-order valence-electron chi connectivity index (χ4n) is 1.37. The molecule has 0 amide bonds. The Bertz CT molecular complexity index is 324. The maximum Gasteiger partial charge on any atom is 0.303 e. The molecule has 1 aromatic carbocycles. The maximum absolute atomic E-state index is 10.4. The van der Waals surface area contributed by atoms with Crippen molar-refractivity contribution in [3.05, 3.63) is 35.4 Å². The number of rotatable bonds is 7. The highest BCUT2D eigenvalue weighted by molar-refractivity contribution is 6.18. The molecule has 1 rings (SSSR count). The zero-order valence-electron chi connectivity index (χ0n) is 9.08. The first-order valence-corrected chi connectivity index (χ1v) is 5.82. The van der Waals surface area contributed by atoms with Crippen LogP contribution in [-0.4, -0.2) is 23.5 Å². The van der Waals surface area contributed by atoms with Crippen LogP contribution in [0.4, 0.5) is 0 Å². The highest BCUT2D eigenvalue weighted by Crippen LogP contribution is 2.06. The van der Waals surface area contributed by atoms with E-state index in [1.807, 2.05) is 24.3 Å². The van der Waals surface area contributed by atoms with Crippen molar-refractivity contribution in [2.75, 3.05) is 12.4 Å². The van der Waals surface area contributed by atoms with Gasteiger partial charge in [0.15, 0.2) is 0 Å². The molecule has 0 saturated heterocycles. The molecule has 4 heteroatoms. The smallest absolute Gasteiger partial charge is 0.303 e. The number of carboxylic acid groups (broad SMARTS) is 1. The molecule has 3 nitrogen and oxygen atoms in total. The Morgan fingerprint density at radius 3 is 2.44 bits per heavy atom. The molecule has 0 saturated carbocycles. The fourth-order valence-corrected chi connectivity index (χ4v) is 1.51. The van der Waals surface area contributed by atoms with Crippen LogP contribution in [0.5, 0.6) is 0 Å². The van der Waals surface area contributed by atoms with Crippen LogP contribution in [-0.2, 0) is 17.8 Å². The Labute approximate surface area is 100 Å². The molecule has 0 aliphatic rings. The van der Waals surface area contributed by atoms with Crippen molar-refractivity contribution in [1.29, 1.82) is 0 Å². The second-order valence-electron chi connectivity index (χ2n) is 3.58. The molecular formula is C12H16ClNO2. The average Bonchev–Trinajstić information content (AvgIpc) is 2.28. The van der Waals surface area contributed by atoms with Crippen molar-refractivity contribution in [3.63, 3.8) is 0 Å². The van der Waals surface area contributed by atoms with Crippen LogP contribution in [0.3, 0.4) is 0 Å². The number of hydrogen-bond acceptors (Lipinski definition) is 2. The summed E-state index contributed by atoms with van der Waals surface area (Å²) in [5.74, 6) is -0.149. The number of aryl methyl sites for hydroxylation is 1. The van der Waals surface area contributed by atoms with Gasteiger partial charge >= 0.3 is 5.97 Å². The van der Waals surface area contributed by atoms with Gasteiger partial charge in [-0.3, -0.25) is 4.79 Å². The van der Waals surface area contributed by atoms with Crippen LogP contribution in [0.2, 0.25) is 0 Å². The predicted molar refractivity (Wildman–Crippen MR) is 64.8 cm³/mol. The van der Waals surface area contributed by atoms with E-state index in [1.54, 1.807) is 0 Å². The largest absolute Gasteiger partial charge is 0.481 e. The van der Waals surface area contributed by atoms with Crippen LogP contribution in [0.1, 0.15) is 17.5 Å². The molecule has 0 fully saturated rings. The van der Waals surface area contributed by atoms with E-state index in [-0.39, 0.29) is 6.42 Å². The summed E-state index contributed by atoms with van der Waals surface area (Å²) in [6, 6.07) is 7.97. The third-order valence-electron chi connectivity index (χ3n) is 2.25. The van der Waals surface area contributed by atoms with E-state index in [2.05, 4.69) is 5.32 Å². The van der Waals surface area contributed by atoms with Crippen LogP contribution in [0.25, 0.3) is 0 Å². The van der Waals surface area contributed by atoms with Gasteiger partial charge in [0.2, 0.25) is 0 Å². The first kappa shape index (κ1) is 13.0. The lowest BCUT2D eigenvalue weighted by atomic mass is 10.1. The molecule has 0 atom stereocenters. The first-order valence-electron chi connectivity index (χ1n) is 5.28. The molecule has 0 heterocycles. The summed E-state index contributed by atoms with van der Waals surface area (Å²) in [4.78, 5) is 10.4. The molecule has 0 unspecified atom stereocenters. The lowest BCUT2D eigenvalue weighted by Crippen LogP contribution is -2.15. The third kappa shape index (κ3) is 5.14. The van der Waals surface area contributed by atoms with Crippen molar-refractivity contribution in [3.8, 4) is 0 Å². The quantitative estimate of drug-likeness (QED) is 0.567. The number of halogens is 1. The second-order valence-corrected chi connectivity index (χ2v) is 3.95. The molecular weight excluding hydrogens is 226 g/mol. The van der Waals surface area contributed by atoms with Gasteiger partial charge in [-0.25, -0.2) is 0 Å². The highest BCUT2D eigenvalue weighted by atomic mass is 35.5. The van der Waals surface area contributed by atoms with Gasteiger partial charge in [-0.1, -0.05) is 24.3 Å². The van der Waals surface area contributed by atoms with Crippen molar-refractivity contribution in [2.24, 2.45) is 0 Å². The predicted octanol–water partition coefficient (Wildman–Crippen LogP) is 2.03. The van der Waals surface area contributed by atoms with Gasteiger partial charge in [0.05, 0.1) is 0 Å². The number of carbonyl (C=O) groups is 1. The summed E-state index contributed by atoms with van der Waals surface area (Å²) in [5.41, 5.74) is 2.24. The molecule has 0 bridgehead atoms. The highest BCUT2D eigenvalue weighted by Gasteiger charge is 1.99. The number of hydrogen-bond donors (Lipinski definition) is 2. The Hall–Kier alpha value is -1.06. The second kappa shape index (κ2) is 7.25. The molecule has 16 heavy (non-hydrogen) atoms. The topological polar surface area (TPSA) is 49.3 Å². The van der Waals surface area contributed by atoms with Gasteiger partial charge in [0.25, 0.3) is 0 Å². The van der Waals surface area contributed by atoms with Gasteiger partial charge in [0.1, 0.15) is 0 Å². The Kier molecular flexibility index (Phi) is 5.90. The van der Waals surface area contributed by atoms with E-state index in [1.165, 1.54) is 5.56 Å². The molecule has 0 aliphatic heterocycles. The normalized spacial score (nSPS) is 10.3. The standard InChI is InChI=1S/C12H16ClNO2/c13-7-8-14-9-11-3-1-10(2-4-11)5-6-12(15)16/h1-4,14H,5-9H2,(H,15,16). The van der Waals surface area contributed by atoms with Gasteiger partial charge in [-0.2, -0.15) is 0 Å². The molecule has 0 aliphatic carbocycles. The van der Waals surface area contributed by atoms with Gasteiger partial charge in [0, 0.05) is 25.4 Å². The van der Waals surface area contributed by atoms with Crippen molar-refractivity contribution in [1.82, 2.24) is 5.32 Å². The summed E-state index contributed by atoms with van der Waals surface area (Å²) < 4.78 is 0. The summed E-state index contributed by atoms with van der Waals surface area (Å²) in [6.45, 7) is 1.59. The minimum Gasteiger partial charge on any atom is -0.481 e. The van der Waals surface area contributed by atoms with E-state index in [4.69, 9.17) is 16.7 Å². The van der Waals surface area contributed by atoms with Crippen molar-refractivity contribution in [2.45, 2.75) is 19.4 Å². The molecule has 0 spiro atoms. The zero-order chi connectivity index (χ0) is 11.8. The number of aliphatic carboxylic acids is 1. The zero-order valence-corrected chi connectivity index (χ0v) is 9.83. The van der Waals surface area contributed by atoms with Gasteiger partial charge in [-0.15, -0.1) is 11.6 Å². The van der Waals surface area contributed by atoms with Crippen LogP contribution in [0, 0.1) is 0 Å². The lowest BCUT2D eigenvalue weighted by Gasteiger charge is -2.04. The molecule has 1 aromatic rings. The van der Waals surface area contributed by atoms with E-state index in [0.717, 1.165) is 18.7 Å². The monoisotopic (exact) mass is 241 g/mol. The Morgan fingerprint density at radius 1 is 1.25 bits per heavy atom. The van der Waals surface area contributed by atoms with Crippen LogP contribution >= 0.6 is 11.6 Å². The number of benzene rings is 1. The summed E-state index contributed by atoms with van der Waals surface area (Å²) in [5, 5.41) is 11.7. The SMILES string of the molecule is O=C(O)CCc1ccc(CNCCCl)cc1. The Morgan fingerprint density at radius 2 is 1.88 bits per heavy atom. The van der Waals surface area contributed by atoms with E-state index >= 15 is 0 Å². The number of carboxylic acids is 1. The van der Waals surface area contributed by atoms with E-state index in [9.17, 15) is 4.79 Å². The molecule has 0 radical (unpaired) electrons. The number of nitrogens with one attached hydrogen (secondary N) is 1. The first-order chi connectivity index (χ1) is 7.72. The Balaban J connectivity index is 2.38. The van der Waals surface area contributed by atoms with Gasteiger partial charge < -0.3 is 10.4 Å². The van der Waals surface area contributed by atoms with Gasteiger partial charge in [-0.05, 0) is 17.5 Å². The lowest BCUT2D eigenvalue weighted by molar-refractivity contribution is -0.136. The van der Waals surface area contributed by atoms with E-state index in [0.29, 0.717) is 12.3 Å². The molecule has 88 valence electrons. The third-order valence-corrected chi connectivity index (χ3v) is 2.44. The summed E-state index contributed by atoms with van der Waals surface area (Å²) >= 11 is 5.55. The van der Waals surface area contributed by atoms with Crippen LogP contribution in [0.15, 0.2) is 24.3 Å². The van der Waals surface area contributed by atoms with Crippen molar-refractivity contribution < 1.29 is 9.90 Å². The minimum atomic E-state index is -0.757. The summed E-state index contributed by atoms with van der Waals surface area (Å²) in [7, 11) is 0. The fraction of sp³-hybridized carbons (Fsp3) is 0.417. The average molecular weight is 242 g/mol. The van der Waals surface area contributed by atoms with E-state index < -0.39 is 5.97 Å². The van der Waals surface area contributed by atoms with Crippen LogP contribution < -0.4 is 5.32 Å². The summed E-state index contributed by atoms with van der Waals surface area (Å²) in [6.07, 6.45) is 0.772. The molecule has 0 aromatic heterocycles. The van der Waals surface area contributed by atoms with Crippen molar-refractivity contribution >= 4 is 17.6 Å². The molecule has 2 N–H and O–H groups in total. The minimum absolute atomic E-state index is 0.184. The number of alkyl halides is 1.